The van der Waals surface area contributed by atoms with Crippen LogP contribution in [0.5, 0.6) is 0 Å². The number of aromatic amines is 1. The summed E-state index contributed by atoms with van der Waals surface area (Å²) in [6, 6.07) is -0.0402. The van der Waals surface area contributed by atoms with E-state index in [2.05, 4.69) is 4.98 Å². The Hall–Kier alpha value is -1.62. The topological polar surface area (TPSA) is 79.2 Å². The lowest BCUT2D eigenvalue weighted by atomic mass is 10.0. The average molecular weight is 265 g/mol. The molecular weight excluding hydrogens is 242 g/mol. The van der Waals surface area contributed by atoms with Gasteiger partial charge in [-0.2, -0.15) is 0 Å². The van der Waals surface area contributed by atoms with Gasteiger partial charge in [-0.05, 0) is 32.8 Å². The van der Waals surface area contributed by atoms with E-state index in [4.69, 9.17) is 5.73 Å². The molecule has 1 atom stereocenters. The predicted molar refractivity (Wildman–Crippen MR) is 75.5 cm³/mol. The highest BCUT2D eigenvalue weighted by atomic mass is 16.2. The van der Waals surface area contributed by atoms with Crippen molar-refractivity contribution >= 4 is 11.7 Å². The summed E-state index contributed by atoms with van der Waals surface area (Å²) in [6.45, 7) is 7.58. The Balaban J connectivity index is 3.25. The van der Waals surface area contributed by atoms with E-state index in [9.17, 15) is 9.59 Å². The molecule has 1 rings (SSSR count). The Morgan fingerprint density at radius 1 is 1.42 bits per heavy atom. The number of hydrogen-bond acceptors (Lipinski definition) is 3. The monoisotopic (exact) mass is 265 g/mol. The SMILES string of the molecule is CCc1c(C(=O)N(C)C(C)CN)[nH]c(C)c1C(C)=O. The Labute approximate surface area is 114 Å². The van der Waals surface area contributed by atoms with Gasteiger partial charge in [-0.1, -0.05) is 6.92 Å². The first-order valence-corrected chi connectivity index (χ1v) is 6.54. The molecule has 0 aromatic carbocycles. The minimum absolute atomic E-state index is 0.0147. The summed E-state index contributed by atoms with van der Waals surface area (Å²) in [5.41, 5.74) is 8.28. The molecule has 0 radical (unpaired) electrons. The Kier molecular flexibility index (Phi) is 4.89. The molecule has 19 heavy (non-hydrogen) atoms. The van der Waals surface area contributed by atoms with Crippen molar-refractivity contribution in [2.75, 3.05) is 13.6 Å². The smallest absolute Gasteiger partial charge is 0.270 e. The highest BCUT2D eigenvalue weighted by molar-refractivity contribution is 6.02. The Morgan fingerprint density at radius 2 is 2.00 bits per heavy atom. The van der Waals surface area contributed by atoms with E-state index in [1.165, 1.54) is 6.92 Å². The van der Waals surface area contributed by atoms with Crippen LogP contribution in [0, 0.1) is 6.92 Å². The number of aromatic nitrogens is 1. The molecule has 5 nitrogen and oxygen atoms in total. The third-order valence-corrected chi connectivity index (χ3v) is 3.53. The lowest BCUT2D eigenvalue weighted by Crippen LogP contribution is -2.40. The first-order chi connectivity index (χ1) is 8.84. The minimum Gasteiger partial charge on any atom is -0.354 e. The molecule has 0 aliphatic carbocycles. The van der Waals surface area contributed by atoms with E-state index in [0.717, 1.165) is 11.3 Å². The zero-order valence-corrected chi connectivity index (χ0v) is 12.3. The standard InChI is InChI=1S/C14H23N3O2/c1-6-11-12(10(4)18)9(3)16-13(11)14(19)17(5)8(2)7-15/h8,16H,6-7,15H2,1-5H3. The first kappa shape index (κ1) is 15.4. The number of nitrogens with two attached hydrogens (primary N) is 1. The van der Waals surface area contributed by atoms with Crippen molar-refractivity contribution in [2.45, 2.75) is 40.2 Å². The Morgan fingerprint density at radius 3 is 2.42 bits per heavy atom. The van der Waals surface area contributed by atoms with Gasteiger partial charge >= 0.3 is 0 Å². The van der Waals surface area contributed by atoms with Crippen LogP contribution in [0.1, 0.15) is 52.9 Å². The Bertz CT molecular complexity index is 491. The molecule has 0 saturated carbocycles. The molecule has 0 aliphatic rings. The predicted octanol–water partition coefficient (Wildman–Crippen LogP) is 1.51. The van der Waals surface area contributed by atoms with Gasteiger partial charge < -0.3 is 15.6 Å². The second kappa shape index (κ2) is 6.02. The summed E-state index contributed by atoms with van der Waals surface area (Å²) < 4.78 is 0. The van der Waals surface area contributed by atoms with E-state index < -0.39 is 0 Å². The fraction of sp³-hybridized carbons (Fsp3) is 0.571. The maximum absolute atomic E-state index is 12.4. The van der Waals surface area contributed by atoms with E-state index in [1.807, 2.05) is 20.8 Å². The van der Waals surface area contributed by atoms with Crippen LogP contribution in [0.2, 0.25) is 0 Å². The van der Waals surface area contributed by atoms with Gasteiger partial charge in [-0.15, -0.1) is 0 Å². The number of amides is 1. The largest absolute Gasteiger partial charge is 0.354 e. The molecule has 3 N–H and O–H groups in total. The molecule has 106 valence electrons. The molecule has 0 fully saturated rings. The molecular formula is C14H23N3O2. The second-order valence-corrected chi connectivity index (χ2v) is 4.89. The molecule has 1 amide bonds. The summed E-state index contributed by atoms with van der Waals surface area (Å²) >= 11 is 0. The van der Waals surface area contributed by atoms with Gasteiger partial charge in [-0.3, -0.25) is 9.59 Å². The molecule has 0 bridgehead atoms. The van der Waals surface area contributed by atoms with Crippen LogP contribution < -0.4 is 5.73 Å². The highest BCUT2D eigenvalue weighted by Crippen LogP contribution is 2.21. The maximum atomic E-state index is 12.4. The molecule has 1 heterocycles. The number of carbonyl (C=O) groups excluding carboxylic acids is 2. The summed E-state index contributed by atoms with van der Waals surface area (Å²) in [7, 11) is 1.73. The van der Waals surface area contributed by atoms with E-state index in [1.54, 1.807) is 11.9 Å². The summed E-state index contributed by atoms with van der Waals surface area (Å²) in [5.74, 6) is -0.135. The van der Waals surface area contributed by atoms with Gasteiger partial charge in [0.15, 0.2) is 5.78 Å². The number of hydrogen-bond donors (Lipinski definition) is 2. The zero-order chi connectivity index (χ0) is 14.7. The van der Waals surface area contributed by atoms with Gasteiger partial charge in [-0.25, -0.2) is 0 Å². The van der Waals surface area contributed by atoms with Gasteiger partial charge in [0.05, 0.1) is 0 Å². The van der Waals surface area contributed by atoms with Crippen molar-refractivity contribution in [3.8, 4) is 0 Å². The van der Waals surface area contributed by atoms with E-state index >= 15 is 0 Å². The van der Waals surface area contributed by atoms with E-state index in [0.29, 0.717) is 24.2 Å². The van der Waals surface area contributed by atoms with Crippen molar-refractivity contribution < 1.29 is 9.59 Å². The normalized spacial score (nSPS) is 12.3. The van der Waals surface area contributed by atoms with E-state index in [-0.39, 0.29) is 17.7 Å². The van der Waals surface area contributed by atoms with Gasteiger partial charge in [0.1, 0.15) is 5.69 Å². The third kappa shape index (κ3) is 2.87. The number of aryl methyl sites for hydroxylation is 1. The van der Waals surface area contributed by atoms with Crippen LogP contribution in [-0.4, -0.2) is 41.2 Å². The fourth-order valence-electron chi connectivity index (χ4n) is 2.22. The van der Waals surface area contributed by atoms with Crippen LogP contribution in [0.15, 0.2) is 0 Å². The van der Waals surface area contributed by atoms with Crippen molar-refractivity contribution in [1.82, 2.24) is 9.88 Å². The van der Waals surface area contributed by atoms with Crippen molar-refractivity contribution in [1.29, 1.82) is 0 Å². The summed E-state index contributed by atoms with van der Waals surface area (Å²) in [5, 5.41) is 0. The molecule has 1 aromatic rings. The maximum Gasteiger partial charge on any atom is 0.270 e. The van der Waals surface area contributed by atoms with Crippen molar-refractivity contribution in [3.63, 3.8) is 0 Å². The number of carbonyl (C=O) groups is 2. The molecule has 1 unspecified atom stereocenters. The number of H-pyrrole nitrogens is 1. The third-order valence-electron chi connectivity index (χ3n) is 3.53. The quantitative estimate of drug-likeness (QED) is 0.792. The van der Waals surface area contributed by atoms with Crippen LogP contribution in [0.4, 0.5) is 0 Å². The lowest BCUT2D eigenvalue weighted by Gasteiger charge is -2.23. The average Bonchev–Trinajstić information content (AvgIpc) is 2.72. The highest BCUT2D eigenvalue weighted by Gasteiger charge is 2.25. The van der Waals surface area contributed by atoms with Crippen molar-refractivity contribution in [2.24, 2.45) is 5.73 Å². The lowest BCUT2D eigenvalue weighted by molar-refractivity contribution is 0.0742. The zero-order valence-electron chi connectivity index (χ0n) is 12.3. The van der Waals surface area contributed by atoms with Gasteiger partial charge in [0.25, 0.3) is 5.91 Å². The summed E-state index contributed by atoms with van der Waals surface area (Å²) in [4.78, 5) is 28.8. The fourth-order valence-corrected chi connectivity index (χ4v) is 2.22. The first-order valence-electron chi connectivity index (χ1n) is 6.54. The minimum atomic E-state index is -0.120. The second-order valence-electron chi connectivity index (χ2n) is 4.89. The van der Waals surface area contributed by atoms with Gasteiger partial charge in [0.2, 0.25) is 0 Å². The number of rotatable bonds is 5. The number of nitrogens with zero attached hydrogens (tertiary/aromatic N) is 1. The molecule has 1 aromatic heterocycles. The molecule has 0 aliphatic heterocycles. The number of ketones is 1. The number of nitrogens with one attached hydrogen (secondary N) is 1. The molecule has 0 spiro atoms. The van der Waals surface area contributed by atoms with Crippen LogP contribution in [0.3, 0.4) is 0 Å². The number of Topliss-reactive ketones (excluding diaryl/α,β-unsaturated/α-hetero) is 1. The van der Waals surface area contributed by atoms with Crippen LogP contribution >= 0.6 is 0 Å². The number of likely N-dealkylation sites (N-methyl/N-ethyl adjacent to an activating group) is 1. The van der Waals surface area contributed by atoms with Crippen LogP contribution in [-0.2, 0) is 6.42 Å². The molecule has 5 heteroatoms. The van der Waals surface area contributed by atoms with Gasteiger partial charge in [0, 0.05) is 30.9 Å². The van der Waals surface area contributed by atoms with Crippen LogP contribution in [0.25, 0.3) is 0 Å². The summed E-state index contributed by atoms with van der Waals surface area (Å²) in [6.07, 6.45) is 0.644. The molecule has 0 saturated heterocycles. The van der Waals surface area contributed by atoms with Crippen molar-refractivity contribution in [3.05, 3.63) is 22.5 Å².